The van der Waals surface area contributed by atoms with Gasteiger partial charge in [-0.25, -0.2) is 8.42 Å². The predicted molar refractivity (Wildman–Crippen MR) is 57.7 cm³/mol. The number of nitrogens with one attached hydrogen (secondary N) is 1. The quantitative estimate of drug-likeness (QED) is 0.679. The summed E-state index contributed by atoms with van der Waals surface area (Å²) >= 11 is 0. The molecule has 14 heavy (non-hydrogen) atoms. The Morgan fingerprint density at radius 1 is 1.43 bits per heavy atom. The molecule has 1 aliphatic heterocycles. The van der Waals surface area contributed by atoms with Crippen LogP contribution in [0.15, 0.2) is 0 Å². The van der Waals surface area contributed by atoms with Gasteiger partial charge in [0.1, 0.15) is 0 Å². The number of rotatable bonds is 2. The molecule has 80 valence electrons. The van der Waals surface area contributed by atoms with E-state index in [2.05, 4.69) is 17.2 Å². The fourth-order valence-corrected chi connectivity index (χ4v) is 3.42. The van der Waals surface area contributed by atoms with E-state index in [4.69, 9.17) is 0 Å². The van der Waals surface area contributed by atoms with Gasteiger partial charge in [-0.1, -0.05) is 5.92 Å². The summed E-state index contributed by atoms with van der Waals surface area (Å²) in [5, 5.41) is 2.93. The van der Waals surface area contributed by atoms with Gasteiger partial charge < -0.3 is 5.32 Å². The Balaban J connectivity index is 2.36. The lowest BCUT2D eigenvalue weighted by Gasteiger charge is -2.19. The molecule has 0 bridgehead atoms. The third-order valence-electron chi connectivity index (χ3n) is 2.34. The minimum Gasteiger partial charge on any atom is -0.309 e. The molecule has 0 radical (unpaired) electrons. The first-order valence-electron chi connectivity index (χ1n) is 4.95. The lowest BCUT2D eigenvalue weighted by Crippen LogP contribution is -2.24. The molecule has 4 heteroatoms. The fourth-order valence-electron chi connectivity index (χ4n) is 1.65. The van der Waals surface area contributed by atoms with E-state index in [1.165, 1.54) is 0 Å². The van der Waals surface area contributed by atoms with Crippen molar-refractivity contribution >= 4 is 9.84 Å². The average molecular weight is 215 g/mol. The molecule has 1 N–H and O–H groups in total. The van der Waals surface area contributed by atoms with Crippen LogP contribution < -0.4 is 5.32 Å². The largest absolute Gasteiger partial charge is 0.309 e. The molecular formula is C10H17NO2S. The summed E-state index contributed by atoms with van der Waals surface area (Å²) in [5.74, 6) is 6.94. The van der Waals surface area contributed by atoms with Gasteiger partial charge in [0.2, 0.25) is 0 Å². The minimum atomic E-state index is -2.76. The molecule has 0 amide bonds. The SMILES string of the molecule is CNCC#CCC1CCCS(=O)(=O)C1. The summed E-state index contributed by atoms with van der Waals surface area (Å²) < 4.78 is 22.6. The van der Waals surface area contributed by atoms with Gasteiger partial charge in [-0.15, -0.1) is 5.92 Å². The van der Waals surface area contributed by atoms with E-state index >= 15 is 0 Å². The molecule has 1 unspecified atom stereocenters. The highest BCUT2D eigenvalue weighted by atomic mass is 32.2. The van der Waals surface area contributed by atoms with Crippen molar-refractivity contribution < 1.29 is 8.42 Å². The third-order valence-corrected chi connectivity index (χ3v) is 4.23. The van der Waals surface area contributed by atoms with Crippen LogP contribution in [0.25, 0.3) is 0 Å². The molecule has 1 fully saturated rings. The number of hydrogen-bond donors (Lipinski definition) is 1. The molecule has 3 nitrogen and oxygen atoms in total. The van der Waals surface area contributed by atoms with Gasteiger partial charge in [0, 0.05) is 6.42 Å². The lowest BCUT2D eigenvalue weighted by atomic mass is 10.0. The first kappa shape index (κ1) is 11.5. The highest BCUT2D eigenvalue weighted by Gasteiger charge is 2.23. The van der Waals surface area contributed by atoms with Crippen LogP contribution in [0, 0.1) is 17.8 Å². The van der Waals surface area contributed by atoms with Gasteiger partial charge in [0.05, 0.1) is 18.1 Å². The molecule has 0 aromatic rings. The maximum atomic E-state index is 11.3. The van der Waals surface area contributed by atoms with Crippen molar-refractivity contribution in [2.75, 3.05) is 25.1 Å². The summed E-state index contributed by atoms with van der Waals surface area (Å²) in [6.07, 6.45) is 2.54. The first-order valence-corrected chi connectivity index (χ1v) is 6.77. The molecule has 1 saturated heterocycles. The van der Waals surface area contributed by atoms with Crippen LogP contribution in [0.2, 0.25) is 0 Å². The highest BCUT2D eigenvalue weighted by molar-refractivity contribution is 7.91. The molecule has 1 aliphatic rings. The Morgan fingerprint density at radius 2 is 2.21 bits per heavy atom. The average Bonchev–Trinajstić information content (AvgIpc) is 2.11. The summed E-state index contributed by atoms with van der Waals surface area (Å²) in [4.78, 5) is 0. The summed E-state index contributed by atoms with van der Waals surface area (Å²) in [7, 11) is -0.911. The smallest absolute Gasteiger partial charge is 0.150 e. The zero-order chi connectivity index (χ0) is 10.4. The van der Waals surface area contributed by atoms with Crippen LogP contribution in [0.4, 0.5) is 0 Å². The van der Waals surface area contributed by atoms with Gasteiger partial charge in [-0.3, -0.25) is 0 Å². The van der Waals surface area contributed by atoms with Crippen molar-refractivity contribution in [1.29, 1.82) is 0 Å². The Morgan fingerprint density at radius 3 is 2.86 bits per heavy atom. The second kappa shape index (κ2) is 5.38. The summed E-state index contributed by atoms with van der Waals surface area (Å²) in [6, 6.07) is 0. The molecular weight excluding hydrogens is 198 g/mol. The van der Waals surface area contributed by atoms with E-state index in [0.29, 0.717) is 18.1 Å². The van der Waals surface area contributed by atoms with E-state index in [1.807, 2.05) is 7.05 Å². The molecule has 1 heterocycles. The number of hydrogen-bond acceptors (Lipinski definition) is 3. The molecule has 0 aromatic heterocycles. The van der Waals surface area contributed by atoms with Crippen molar-refractivity contribution in [1.82, 2.24) is 5.32 Å². The summed E-state index contributed by atoms with van der Waals surface area (Å²) in [6.45, 7) is 0.680. The molecule has 0 saturated carbocycles. The molecule has 0 spiro atoms. The van der Waals surface area contributed by atoms with E-state index in [-0.39, 0.29) is 5.92 Å². The Labute approximate surface area is 86.2 Å². The van der Waals surface area contributed by atoms with Gasteiger partial charge in [0.25, 0.3) is 0 Å². The second-order valence-electron chi connectivity index (χ2n) is 3.71. The predicted octanol–water partition coefficient (Wildman–Crippen LogP) is 0.424. The van der Waals surface area contributed by atoms with Crippen LogP contribution in [-0.4, -0.2) is 33.5 Å². The van der Waals surface area contributed by atoms with E-state index < -0.39 is 9.84 Å². The Hall–Kier alpha value is -0.530. The van der Waals surface area contributed by atoms with Gasteiger partial charge in [-0.2, -0.15) is 0 Å². The maximum absolute atomic E-state index is 11.3. The zero-order valence-corrected chi connectivity index (χ0v) is 9.36. The molecule has 0 aliphatic carbocycles. The van der Waals surface area contributed by atoms with Crippen LogP contribution in [0.3, 0.4) is 0 Å². The van der Waals surface area contributed by atoms with Crippen LogP contribution in [-0.2, 0) is 9.84 Å². The lowest BCUT2D eigenvalue weighted by molar-refractivity contribution is 0.494. The standard InChI is InChI=1S/C10H17NO2S/c1-11-7-3-2-5-10-6-4-8-14(12,13)9-10/h10-11H,4-9H2,1H3. The van der Waals surface area contributed by atoms with E-state index in [9.17, 15) is 8.42 Å². The van der Waals surface area contributed by atoms with Gasteiger partial charge in [0.15, 0.2) is 9.84 Å². The molecule has 1 rings (SSSR count). The van der Waals surface area contributed by atoms with Crippen LogP contribution in [0.1, 0.15) is 19.3 Å². The second-order valence-corrected chi connectivity index (χ2v) is 5.94. The third kappa shape index (κ3) is 4.12. The van der Waals surface area contributed by atoms with Crippen LogP contribution in [0.5, 0.6) is 0 Å². The summed E-state index contributed by atoms with van der Waals surface area (Å²) in [5.41, 5.74) is 0. The monoisotopic (exact) mass is 215 g/mol. The van der Waals surface area contributed by atoms with Gasteiger partial charge >= 0.3 is 0 Å². The van der Waals surface area contributed by atoms with Gasteiger partial charge in [-0.05, 0) is 25.8 Å². The maximum Gasteiger partial charge on any atom is 0.150 e. The topological polar surface area (TPSA) is 46.2 Å². The minimum absolute atomic E-state index is 0.262. The normalized spacial score (nSPS) is 25.1. The number of sulfone groups is 1. The first-order chi connectivity index (χ1) is 6.64. The molecule has 1 atom stereocenters. The Kier molecular flexibility index (Phi) is 4.43. The van der Waals surface area contributed by atoms with E-state index in [0.717, 1.165) is 19.3 Å². The van der Waals surface area contributed by atoms with Crippen molar-refractivity contribution in [2.24, 2.45) is 5.92 Å². The fraction of sp³-hybridized carbons (Fsp3) is 0.800. The highest BCUT2D eigenvalue weighted by Crippen LogP contribution is 2.20. The van der Waals surface area contributed by atoms with Crippen molar-refractivity contribution in [3.05, 3.63) is 0 Å². The van der Waals surface area contributed by atoms with Crippen molar-refractivity contribution in [2.45, 2.75) is 19.3 Å². The van der Waals surface area contributed by atoms with E-state index in [1.54, 1.807) is 0 Å². The van der Waals surface area contributed by atoms with Crippen molar-refractivity contribution in [3.63, 3.8) is 0 Å². The molecule has 0 aromatic carbocycles. The van der Waals surface area contributed by atoms with Crippen LogP contribution >= 0.6 is 0 Å². The Bertz CT molecular complexity index is 324. The van der Waals surface area contributed by atoms with Crippen molar-refractivity contribution in [3.8, 4) is 11.8 Å². The zero-order valence-electron chi connectivity index (χ0n) is 8.54.